The zero-order chi connectivity index (χ0) is 9.38. The molecule has 0 aromatic carbocycles. The van der Waals surface area contributed by atoms with E-state index in [4.69, 9.17) is 0 Å². The SMILES string of the molecule is Br.Br.C1=CC2=C3C=CC=CN3CCN2C=C1. The van der Waals surface area contributed by atoms with E-state index in [1.54, 1.807) is 0 Å². The van der Waals surface area contributed by atoms with Crippen LogP contribution in [0.25, 0.3) is 0 Å². The Labute approximate surface area is 117 Å². The van der Waals surface area contributed by atoms with Crippen molar-refractivity contribution in [2.45, 2.75) is 0 Å². The van der Waals surface area contributed by atoms with E-state index in [1.165, 1.54) is 11.4 Å². The van der Waals surface area contributed by atoms with Crippen LogP contribution in [0.2, 0.25) is 0 Å². The van der Waals surface area contributed by atoms with Gasteiger partial charge in [-0.25, -0.2) is 0 Å². The molecule has 0 aliphatic carbocycles. The molecule has 0 atom stereocenters. The van der Waals surface area contributed by atoms with Crippen molar-refractivity contribution in [3.05, 3.63) is 60.3 Å². The summed E-state index contributed by atoms with van der Waals surface area (Å²) in [5.41, 5.74) is 2.61. The molecule has 0 saturated heterocycles. The molecule has 2 nitrogen and oxygen atoms in total. The molecule has 3 aliphatic heterocycles. The van der Waals surface area contributed by atoms with Gasteiger partial charge in [-0.15, -0.1) is 34.0 Å². The predicted octanol–water partition coefficient (Wildman–Crippen LogP) is 3.14. The maximum atomic E-state index is 2.30. The molecule has 0 fully saturated rings. The molecule has 3 heterocycles. The van der Waals surface area contributed by atoms with Gasteiger partial charge in [0.1, 0.15) is 0 Å². The summed E-state index contributed by atoms with van der Waals surface area (Å²) >= 11 is 0. The molecule has 0 bridgehead atoms. The van der Waals surface area contributed by atoms with E-state index in [1.807, 2.05) is 0 Å². The van der Waals surface area contributed by atoms with E-state index >= 15 is 0 Å². The first-order valence-electron chi connectivity index (χ1n) is 4.92. The molecule has 16 heavy (non-hydrogen) atoms. The summed E-state index contributed by atoms with van der Waals surface area (Å²) in [5, 5.41) is 0. The summed E-state index contributed by atoms with van der Waals surface area (Å²) in [6, 6.07) is 0. The molecule has 0 amide bonds. The van der Waals surface area contributed by atoms with Crippen LogP contribution >= 0.6 is 34.0 Å². The average Bonchev–Trinajstić information content (AvgIpc) is 2.29. The predicted molar refractivity (Wildman–Crippen MR) is 77.6 cm³/mol. The van der Waals surface area contributed by atoms with Crippen LogP contribution in [0.1, 0.15) is 0 Å². The Bertz CT molecular complexity index is 367. The normalized spacial score (nSPS) is 20.0. The van der Waals surface area contributed by atoms with Gasteiger partial charge in [-0.05, 0) is 24.3 Å². The van der Waals surface area contributed by atoms with Gasteiger partial charge in [0, 0.05) is 25.5 Å². The third-order valence-corrected chi connectivity index (χ3v) is 2.73. The first-order chi connectivity index (χ1) is 6.95. The molecule has 4 heteroatoms. The summed E-state index contributed by atoms with van der Waals surface area (Å²) < 4.78 is 0. The van der Waals surface area contributed by atoms with Crippen LogP contribution < -0.4 is 0 Å². The summed E-state index contributed by atoms with van der Waals surface area (Å²) in [7, 11) is 0. The Morgan fingerprint density at radius 1 is 0.688 bits per heavy atom. The number of rotatable bonds is 0. The first-order valence-corrected chi connectivity index (χ1v) is 4.92. The number of nitrogens with zero attached hydrogens (tertiary/aromatic N) is 2. The number of hydrogen-bond acceptors (Lipinski definition) is 2. The van der Waals surface area contributed by atoms with Crippen LogP contribution in [-0.4, -0.2) is 22.9 Å². The fourth-order valence-corrected chi connectivity index (χ4v) is 2.02. The molecule has 3 rings (SSSR count). The lowest BCUT2D eigenvalue weighted by Gasteiger charge is -2.37. The zero-order valence-corrected chi connectivity index (χ0v) is 12.2. The Morgan fingerprint density at radius 3 is 1.56 bits per heavy atom. The highest BCUT2D eigenvalue weighted by Gasteiger charge is 2.21. The third-order valence-electron chi connectivity index (χ3n) is 2.73. The zero-order valence-electron chi connectivity index (χ0n) is 8.74. The number of halogens is 2. The molecule has 0 aromatic heterocycles. The second-order valence-corrected chi connectivity index (χ2v) is 3.56. The Morgan fingerprint density at radius 2 is 1.12 bits per heavy atom. The second-order valence-electron chi connectivity index (χ2n) is 3.56. The average molecular weight is 346 g/mol. The van der Waals surface area contributed by atoms with Crippen molar-refractivity contribution in [1.29, 1.82) is 0 Å². The van der Waals surface area contributed by atoms with Gasteiger partial charge in [0.05, 0.1) is 11.4 Å². The third kappa shape index (κ3) is 2.18. The summed E-state index contributed by atoms with van der Waals surface area (Å²) in [6.07, 6.45) is 17.0. The Hall–Kier alpha value is -0.740. The highest BCUT2D eigenvalue weighted by Crippen LogP contribution is 2.26. The van der Waals surface area contributed by atoms with E-state index in [9.17, 15) is 0 Å². The summed E-state index contributed by atoms with van der Waals surface area (Å²) in [6.45, 7) is 2.13. The van der Waals surface area contributed by atoms with Crippen molar-refractivity contribution < 1.29 is 0 Å². The van der Waals surface area contributed by atoms with Crippen LogP contribution in [0.15, 0.2) is 60.3 Å². The van der Waals surface area contributed by atoms with Gasteiger partial charge < -0.3 is 9.80 Å². The minimum atomic E-state index is 0. The number of fused-ring (bicyclic) bond motifs is 2. The summed E-state index contributed by atoms with van der Waals surface area (Å²) in [4.78, 5) is 4.60. The largest absolute Gasteiger partial charge is 0.345 e. The molecule has 3 aliphatic rings. The standard InChI is InChI=1S/C12H12N2.2BrH/c1-3-7-13-9-10-14-8-4-2-6-12(14)11(13)5-1;;/h1-8H,9-10H2;2*1H. The molecule has 0 spiro atoms. The maximum absolute atomic E-state index is 2.30. The van der Waals surface area contributed by atoms with Gasteiger partial charge in [-0.3, -0.25) is 0 Å². The van der Waals surface area contributed by atoms with Gasteiger partial charge >= 0.3 is 0 Å². The van der Waals surface area contributed by atoms with Crippen molar-refractivity contribution in [2.24, 2.45) is 0 Å². The van der Waals surface area contributed by atoms with Crippen molar-refractivity contribution in [3.63, 3.8) is 0 Å². The van der Waals surface area contributed by atoms with Crippen LogP contribution in [0.5, 0.6) is 0 Å². The van der Waals surface area contributed by atoms with Crippen molar-refractivity contribution in [1.82, 2.24) is 9.80 Å². The van der Waals surface area contributed by atoms with E-state index in [-0.39, 0.29) is 34.0 Å². The highest BCUT2D eigenvalue weighted by atomic mass is 79.9. The van der Waals surface area contributed by atoms with E-state index in [2.05, 4.69) is 58.7 Å². The van der Waals surface area contributed by atoms with E-state index in [0.717, 1.165) is 13.1 Å². The van der Waals surface area contributed by atoms with Gasteiger partial charge in [0.2, 0.25) is 0 Å². The lowest BCUT2D eigenvalue weighted by Crippen LogP contribution is -2.37. The smallest absolute Gasteiger partial charge is 0.0647 e. The molecule has 0 aromatic rings. The van der Waals surface area contributed by atoms with Crippen LogP contribution in [0.4, 0.5) is 0 Å². The van der Waals surface area contributed by atoms with Gasteiger partial charge in [0.25, 0.3) is 0 Å². The van der Waals surface area contributed by atoms with E-state index in [0.29, 0.717) is 0 Å². The molecular weight excluding hydrogens is 332 g/mol. The molecule has 86 valence electrons. The molecule has 0 unspecified atom stereocenters. The minimum Gasteiger partial charge on any atom is -0.345 e. The molecule has 0 radical (unpaired) electrons. The lowest BCUT2D eigenvalue weighted by atomic mass is 10.1. The quantitative estimate of drug-likeness (QED) is 0.665. The van der Waals surface area contributed by atoms with Crippen LogP contribution in [0, 0.1) is 0 Å². The van der Waals surface area contributed by atoms with Crippen LogP contribution in [-0.2, 0) is 0 Å². The van der Waals surface area contributed by atoms with Crippen molar-refractivity contribution in [3.8, 4) is 0 Å². The highest BCUT2D eigenvalue weighted by molar-refractivity contribution is 8.93. The molecular formula is C12H14Br2N2. The maximum Gasteiger partial charge on any atom is 0.0647 e. The minimum absolute atomic E-state index is 0. The van der Waals surface area contributed by atoms with E-state index < -0.39 is 0 Å². The van der Waals surface area contributed by atoms with Crippen molar-refractivity contribution in [2.75, 3.05) is 13.1 Å². The second kappa shape index (κ2) is 5.55. The Balaban J connectivity index is 0.000000640. The number of allylic oxidation sites excluding steroid dienone is 6. The van der Waals surface area contributed by atoms with Gasteiger partial charge in [-0.1, -0.05) is 12.2 Å². The first kappa shape index (κ1) is 13.3. The topological polar surface area (TPSA) is 6.48 Å². The van der Waals surface area contributed by atoms with Gasteiger partial charge in [-0.2, -0.15) is 0 Å². The number of hydrogen-bond donors (Lipinski definition) is 0. The fourth-order valence-electron chi connectivity index (χ4n) is 2.02. The molecule has 0 saturated carbocycles. The fraction of sp³-hybridized carbons (Fsp3) is 0.167. The summed E-state index contributed by atoms with van der Waals surface area (Å²) in [5.74, 6) is 0. The van der Waals surface area contributed by atoms with Crippen LogP contribution in [0.3, 0.4) is 0 Å². The molecule has 0 N–H and O–H groups in total. The Kier molecular flexibility index (Phi) is 4.62. The van der Waals surface area contributed by atoms with Crippen molar-refractivity contribution >= 4 is 34.0 Å². The monoisotopic (exact) mass is 344 g/mol. The van der Waals surface area contributed by atoms with Gasteiger partial charge in [0.15, 0.2) is 0 Å². The lowest BCUT2D eigenvalue weighted by molar-refractivity contribution is 0.332.